The van der Waals surface area contributed by atoms with Crippen molar-refractivity contribution in [1.82, 2.24) is 20.8 Å². The normalized spacial score (nSPS) is 16.4. The van der Waals surface area contributed by atoms with E-state index in [0.717, 1.165) is 0 Å². The molecule has 9 nitrogen and oxygen atoms in total. The van der Waals surface area contributed by atoms with E-state index in [-0.39, 0.29) is 37.0 Å². The lowest BCUT2D eigenvalue weighted by Crippen LogP contribution is -2.29. The third-order valence-corrected chi connectivity index (χ3v) is 3.42. The zero-order chi connectivity index (χ0) is 17.8. The van der Waals surface area contributed by atoms with E-state index in [2.05, 4.69) is 20.8 Å². The number of esters is 1. The lowest BCUT2D eigenvalue weighted by Gasteiger charge is -2.06. The van der Waals surface area contributed by atoms with E-state index < -0.39 is 23.9 Å². The number of halogens is 1. The first-order valence-electron chi connectivity index (χ1n) is 7.37. The van der Waals surface area contributed by atoms with Crippen LogP contribution in [0.3, 0.4) is 0 Å². The average Bonchev–Trinajstić information content (AvgIpc) is 3.18. The first-order chi connectivity index (χ1) is 12.0. The Morgan fingerprint density at radius 2 is 2.04 bits per heavy atom. The van der Waals surface area contributed by atoms with Crippen LogP contribution in [0.25, 0.3) is 11.4 Å². The first-order valence-corrected chi connectivity index (χ1v) is 7.37. The van der Waals surface area contributed by atoms with E-state index >= 15 is 0 Å². The molecule has 2 N–H and O–H groups in total. The van der Waals surface area contributed by atoms with Gasteiger partial charge in [-0.05, 0) is 30.7 Å². The van der Waals surface area contributed by atoms with E-state index in [1.165, 1.54) is 24.3 Å². The largest absolute Gasteiger partial charge is 0.456 e. The topological polar surface area (TPSA) is 123 Å². The summed E-state index contributed by atoms with van der Waals surface area (Å²) in [5.41, 5.74) is 0.561. The molecule has 0 bridgehead atoms. The Balaban J connectivity index is 1.47. The minimum atomic E-state index is -0.742. The molecule has 1 aliphatic rings. The van der Waals surface area contributed by atoms with Crippen molar-refractivity contribution in [3.05, 3.63) is 36.0 Å². The predicted octanol–water partition coefficient (Wildman–Crippen LogP) is 0.907. The van der Waals surface area contributed by atoms with Crippen LogP contribution in [-0.4, -0.2) is 34.1 Å². The standard InChI is InChI=1S/C15H13FN4O5/c16-9-3-1-8(2-4-9)13-18-11(25-20-13)7-24-12(21)6-5-10-14(22)19-15(23)17-10/h1-4,10H,5-7H2,(H2,17,19,22,23)/t10-/m1/s1. The molecule has 2 heterocycles. The van der Waals surface area contributed by atoms with Crippen molar-refractivity contribution < 1.29 is 28.0 Å². The molecule has 3 rings (SSSR count). The Kier molecular flexibility index (Phi) is 4.68. The van der Waals surface area contributed by atoms with Gasteiger partial charge in [0.05, 0.1) is 0 Å². The monoisotopic (exact) mass is 348 g/mol. The summed E-state index contributed by atoms with van der Waals surface area (Å²) in [5.74, 6) is -1.10. The van der Waals surface area contributed by atoms with Crippen LogP contribution in [0.2, 0.25) is 0 Å². The van der Waals surface area contributed by atoms with Crippen molar-refractivity contribution in [2.75, 3.05) is 0 Å². The van der Waals surface area contributed by atoms with Gasteiger partial charge in [-0.15, -0.1) is 0 Å². The summed E-state index contributed by atoms with van der Waals surface area (Å²) in [6, 6.07) is 4.21. The van der Waals surface area contributed by atoms with Gasteiger partial charge in [-0.25, -0.2) is 9.18 Å². The van der Waals surface area contributed by atoms with E-state index in [1.807, 2.05) is 0 Å². The van der Waals surface area contributed by atoms with Crippen LogP contribution < -0.4 is 10.6 Å². The van der Waals surface area contributed by atoms with Crippen LogP contribution >= 0.6 is 0 Å². The number of amides is 3. The summed E-state index contributed by atoms with van der Waals surface area (Å²) in [6.07, 6.45) is 0.0678. The Bertz CT molecular complexity index is 805. The molecule has 1 aliphatic heterocycles. The van der Waals surface area contributed by atoms with Gasteiger partial charge >= 0.3 is 12.0 Å². The van der Waals surface area contributed by atoms with E-state index in [1.54, 1.807) is 0 Å². The highest BCUT2D eigenvalue weighted by Crippen LogP contribution is 2.16. The van der Waals surface area contributed by atoms with Gasteiger partial charge in [0.1, 0.15) is 11.9 Å². The zero-order valence-corrected chi connectivity index (χ0v) is 12.8. The SMILES string of the molecule is O=C1NC(=O)[C@@H](CCC(=O)OCc2nc(-c3ccc(F)cc3)no2)N1. The molecular weight excluding hydrogens is 335 g/mol. The number of urea groups is 1. The predicted molar refractivity (Wildman–Crippen MR) is 79.2 cm³/mol. The Hall–Kier alpha value is -3.30. The molecule has 1 saturated heterocycles. The van der Waals surface area contributed by atoms with Gasteiger partial charge in [0.25, 0.3) is 11.8 Å². The minimum Gasteiger partial charge on any atom is -0.456 e. The minimum absolute atomic E-state index is 0.0582. The summed E-state index contributed by atoms with van der Waals surface area (Å²) in [4.78, 5) is 38.0. The molecule has 10 heteroatoms. The van der Waals surface area contributed by atoms with Gasteiger partial charge in [-0.3, -0.25) is 14.9 Å². The Labute approximate surface area is 140 Å². The fraction of sp³-hybridized carbons (Fsp3) is 0.267. The second kappa shape index (κ2) is 7.07. The highest BCUT2D eigenvalue weighted by molar-refractivity contribution is 6.04. The number of imide groups is 1. The lowest BCUT2D eigenvalue weighted by molar-refractivity contribution is -0.146. The average molecular weight is 348 g/mol. The number of carbonyl (C=O) groups is 3. The Morgan fingerprint density at radius 1 is 1.28 bits per heavy atom. The van der Waals surface area contributed by atoms with Crippen molar-refractivity contribution in [3.8, 4) is 11.4 Å². The number of hydrogen-bond donors (Lipinski definition) is 2. The van der Waals surface area contributed by atoms with Crippen molar-refractivity contribution in [2.45, 2.75) is 25.5 Å². The van der Waals surface area contributed by atoms with Gasteiger partial charge < -0.3 is 14.6 Å². The summed E-state index contributed by atoms with van der Waals surface area (Å²) in [7, 11) is 0. The quantitative estimate of drug-likeness (QED) is 0.587. The second-order valence-corrected chi connectivity index (χ2v) is 5.23. The van der Waals surface area contributed by atoms with Gasteiger partial charge in [0.15, 0.2) is 6.61 Å². The molecule has 1 aromatic heterocycles. The van der Waals surface area contributed by atoms with Crippen LogP contribution in [0, 0.1) is 5.82 Å². The number of rotatable bonds is 6. The van der Waals surface area contributed by atoms with E-state index in [9.17, 15) is 18.8 Å². The highest BCUT2D eigenvalue weighted by Gasteiger charge is 2.29. The first kappa shape index (κ1) is 16.6. The van der Waals surface area contributed by atoms with Crippen molar-refractivity contribution in [2.24, 2.45) is 0 Å². The summed E-state index contributed by atoms with van der Waals surface area (Å²) < 4.78 is 22.8. The number of hydrogen-bond acceptors (Lipinski definition) is 7. The smallest absolute Gasteiger partial charge is 0.322 e. The molecule has 0 aliphatic carbocycles. The van der Waals surface area contributed by atoms with Gasteiger partial charge in [0, 0.05) is 12.0 Å². The fourth-order valence-corrected chi connectivity index (χ4v) is 2.17. The molecule has 1 atom stereocenters. The molecular formula is C15H13FN4O5. The van der Waals surface area contributed by atoms with Crippen LogP contribution in [0.5, 0.6) is 0 Å². The molecule has 0 radical (unpaired) electrons. The van der Waals surface area contributed by atoms with Crippen LogP contribution in [0.4, 0.5) is 9.18 Å². The maximum atomic E-state index is 12.9. The number of nitrogens with one attached hydrogen (secondary N) is 2. The highest BCUT2D eigenvalue weighted by atomic mass is 19.1. The zero-order valence-electron chi connectivity index (χ0n) is 12.8. The van der Waals surface area contributed by atoms with Crippen molar-refractivity contribution in [1.29, 1.82) is 0 Å². The number of carbonyl (C=O) groups excluding carboxylic acids is 3. The molecule has 0 unspecified atom stereocenters. The molecule has 1 aromatic carbocycles. The molecule has 3 amide bonds. The summed E-state index contributed by atoms with van der Waals surface area (Å²) in [6.45, 7) is -0.226. The number of nitrogens with zero attached hydrogens (tertiary/aromatic N) is 2. The molecule has 1 fully saturated rings. The van der Waals surface area contributed by atoms with Gasteiger partial charge in [-0.2, -0.15) is 4.98 Å². The molecule has 130 valence electrons. The fourth-order valence-electron chi connectivity index (χ4n) is 2.17. The third-order valence-electron chi connectivity index (χ3n) is 3.42. The molecule has 2 aromatic rings. The lowest BCUT2D eigenvalue weighted by atomic mass is 10.1. The van der Waals surface area contributed by atoms with Crippen LogP contribution in [-0.2, 0) is 20.9 Å². The third kappa shape index (κ3) is 4.16. The van der Waals surface area contributed by atoms with Gasteiger partial charge in [0.2, 0.25) is 5.82 Å². The van der Waals surface area contributed by atoms with E-state index in [4.69, 9.17) is 9.26 Å². The second-order valence-electron chi connectivity index (χ2n) is 5.23. The van der Waals surface area contributed by atoms with E-state index in [0.29, 0.717) is 5.56 Å². The molecule has 25 heavy (non-hydrogen) atoms. The number of aromatic nitrogens is 2. The van der Waals surface area contributed by atoms with Crippen molar-refractivity contribution in [3.63, 3.8) is 0 Å². The summed E-state index contributed by atoms with van der Waals surface area (Å²) >= 11 is 0. The van der Waals surface area contributed by atoms with Crippen molar-refractivity contribution >= 4 is 17.9 Å². The molecule has 0 saturated carbocycles. The maximum absolute atomic E-state index is 12.9. The Morgan fingerprint density at radius 3 is 2.72 bits per heavy atom. The van der Waals surface area contributed by atoms with Gasteiger partial charge in [-0.1, -0.05) is 5.16 Å². The molecule has 0 spiro atoms. The van der Waals surface area contributed by atoms with Crippen LogP contribution in [0.1, 0.15) is 18.7 Å². The van der Waals surface area contributed by atoms with Crippen LogP contribution in [0.15, 0.2) is 28.8 Å². The summed E-state index contributed by atoms with van der Waals surface area (Å²) in [5, 5.41) is 8.18. The number of ether oxygens (including phenoxy) is 1. The number of benzene rings is 1. The maximum Gasteiger partial charge on any atom is 0.322 e.